The minimum absolute atomic E-state index is 0.409. The van der Waals surface area contributed by atoms with Crippen LogP contribution < -0.4 is 0 Å². The minimum atomic E-state index is -3.29. The Balaban J connectivity index is 5.60. The summed E-state index contributed by atoms with van der Waals surface area (Å²) in [5.41, 5.74) is 0. The Labute approximate surface area is 92.6 Å². The Bertz CT molecular complexity index is 388. The van der Waals surface area contributed by atoms with Gasteiger partial charge in [-0.05, 0) is 24.5 Å². The summed E-state index contributed by atoms with van der Waals surface area (Å²) in [7, 11) is -2.72. The van der Waals surface area contributed by atoms with Crippen LogP contribution in [-0.4, -0.2) is 21.1 Å². The van der Waals surface area contributed by atoms with Gasteiger partial charge in [0.05, 0.1) is 2.74 Å². The summed E-state index contributed by atoms with van der Waals surface area (Å²) in [6.07, 6.45) is -8.38. The zero-order valence-corrected chi connectivity index (χ0v) is 9.82. The van der Waals surface area contributed by atoms with Crippen LogP contribution in [0.2, 0.25) is 18.1 Å². The maximum absolute atomic E-state index is 11.0. The fourth-order valence-corrected chi connectivity index (χ4v) is 0.970. The second-order valence-corrected chi connectivity index (χ2v) is 9.04. The number of hydrogen-bond donors (Lipinski definition) is 0. The monoisotopic (exact) mass is 209 g/mol. The first-order valence-corrected chi connectivity index (χ1v) is 7.02. The zero-order valence-electron chi connectivity index (χ0n) is 15.8. The normalized spacial score (nSPS) is 24.2. The molecule has 0 radical (unpaired) electrons. The Morgan fingerprint density at radius 2 is 2.08 bits per heavy atom. The number of carbonyl (C=O) groups excluding carboxylic acids is 1. The maximum atomic E-state index is 11.0. The number of aldehydes is 1. The van der Waals surface area contributed by atoms with Gasteiger partial charge in [-0.1, -0.05) is 20.8 Å². The lowest BCUT2D eigenvalue weighted by atomic mass is 10.2. The summed E-state index contributed by atoms with van der Waals surface area (Å²) in [6, 6.07) is 0. The van der Waals surface area contributed by atoms with E-state index in [1.54, 1.807) is 13.1 Å². The van der Waals surface area contributed by atoms with Crippen molar-refractivity contribution in [1.82, 2.24) is 0 Å². The van der Waals surface area contributed by atoms with Gasteiger partial charge in [0.25, 0.3) is 0 Å². The van der Waals surface area contributed by atoms with Crippen LogP contribution in [0.25, 0.3) is 0 Å². The fourth-order valence-electron chi connectivity index (χ4n) is 0.357. The van der Waals surface area contributed by atoms with Crippen molar-refractivity contribution in [3.05, 3.63) is 0 Å². The molecule has 0 fully saturated rings. The molecular formula is C10H22O2Si. The Morgan fingerprint density at radius 3 is 2.46 bits per heavy atom. The van der Waals surface area contributed by atoms with Crippen LogP contribution in [-0.2, 0) is 9.22 Å². The van der Waals surface area contributed by atoms with Crippen LogP contribution in [0.3, 0.4) is 0 Å². The highest BCUT2D eigenvalue weighted by Crippen LogP contribution is 2.36. The average Bonchev–Trinajstić information content (AvgIpc) is 2.12. The predicted octanol–water partition coefficient (Wildman–Crippen LogP) is 2.99. The molecule has 0 rings (SSSR count). The van der Waals surface area contributed by atoms with Gasteiger partial charge in [0, 0.05) is 18.4 Å². The Kier molecular flexibility index (Phi) is 1.92. The van der Waals surface area contributed by atoms with E-state index in [1.807, 2.05) is 20.8 Å². The molecule has 0 aromatic heterocycles. The van der Waals surface area contributed by atoms with Gasteiger partial charge in [-0.3, -0.25) is 0 Å². The molecule has 0 saturated heterocycles. The summed E-state index contributed by atoms with van der Waals surface area (Å²) in [4.78, 5) is 11.0. The smallest absolute Gasteiger partial charge is 0.191 e. The lowest BCUT2D eigenvalue weighted by molar-refractivity contribution is -0.108. The predicted molar refractivity (Wildman–Crippen MR) is 58.4 cm³/mol. The van der Waals surface area contributed by atoms with E-state index in [0.717, 1.165) is 0 Å². The topological polar surface area (TPSA) is 26.3 Å². The quantitative estimate of drug-likeness (QED) is 0.514. The van der Waals surface area contributed by atoms with E-state index < -0.39 is 38.9 Å². The molecule has 78 valence electrons. The van der Waals surface area contributed by atoms with Gasteiger partial charge in [0.1, 0.15) is 7.63 Å². The Hall–Kier alpha value is -0.153. The van der Waals surface area contributed by atoms with Gasteiger partial charge < -0.3 is 9.22 Å². The molecule has 2 nitrogen and oxygen atoms in total. The van der Waals surface area contributed by atoms with Gasteiger partial charge >= 0.3 is 0 Å². The molecule has 3 heteroatoms. The fraction of sp³-hybridized carbons (Fsp3) is 0.900. The molecule has 0 amide bonds. The molecule has 0 aliphatic carbocycles. The highest BCUT2D eigenvalue weighted by molar-refractivity contribution is 6.74. The van der Waals surface area contributed by atoms with E-state index in [4.69, 9.17) is 14.0 Å². The summed E-state index contributed by atoms with van der Waals surface area (Å²) < 4.78 is 57.5. The standard InChI is InChI=1S/C10H22O2Si/c1-10(2,3)13(4,5)12-9-7-6-8-11/h8H,6-7,9H2,1-5H3/i6D2,7D2,8D,9D2. The van der Waals surface area contributed by atoms with E-state index in [-0.39, 0.29) is 0 Å². The van der Waals surface area contributed by atoms with Crippen LogP contribution in [0.15, 0.2) is 0 Å². The van der Waals surface area contributed by atoms with Gasteiger partial charge in [0.15, 0.2) is 8.32 Å². The van der Waals surface area contributed by atoms with Gasteiger partial charge in [-0.15, -0.1) is 0 Å². The van der Waals surface area contributed by atoms with Gasteiger partial charge in [-0.2, -0.15) is 0 Å². The van der Waals surface area contributed by atoms with Crippen molar-refractivity contribution in [2.75, 3.05) is 6.56 Å². The third kappa shape index (κ3) is 4.57. The number of hydrogen-bond acceptors (Lipinski definition) is 2. The molecule has 13 heavy (non-hydrogen) atoms. The van der Waals surface area contributed by atoms with Crippen molar-refractivity contribution in [1.29, 1.82) is 0 Å². The lowest BCUT2D eigenvalue weighted by Gasteiger charge is -2.36. The van der Waals surface area contributed by atoms with Crippen LogP contribution in [0.5, 0.6) is 0 Å². The molecule has 0 aliphatic rings. The first kappa shape index (κ1) is 5.08. The molecule has 0 bridgehead atoms. The van der Waals surface area contributed by atoms with Gasteiger partial charge in [-0.25, -0.2) is 0 Å². The number of rotatable bonds is 5. The first-order chi connectivity index (χ1) is 8.40. The second kappa shape index (κ2) is 4.91. The molecule has 0 N–H and O–H groups in total. The van der Waals surface area contributed by atoms with Crippen molar-refractivity contribution in [3.8, 4) is 0 Å². The number of carbonyl (C=O) groups is 1. The third-order valence-corrected chi connectivity index (χ3v) is 6.50. The molecular weight excluding hydrogens is 180 g/mol. The summed E-state index contributed by atoms with van der Waals surface area (Å²) in [6.45, 7) is 5.85. The highest BCUT2D eigenvalue weighted by Gasteiger charge is 2.36. The molecule has 0 aliphatic heterocycles. The average molecular weight is 209 g/mol. The van der Waals surface area contributed by atoms with E-state index in [0.29, 0.717) is 0 Å². The van der Waals surface area contributed by atoms with E-state index in [2.05, 4.69) is 0 Å². The van der Waals surface area contributed by atoms with Crippen LogP contribution in [0.1, 0.15) is 43.1 Å². The molecule has 0 spiro atoms. The molecule has 0 heterocycles. The third-order valence-electron chi connectivity index (χ3n) is 2.28. The van der Waals surface area contributed by atoms with Crippen molar-refractivity contribution < 1.29 is 18.8 Å². The maximum Gasteiger partial charge on any atom is 0.191 e. The van der Waals surface area contributed by atoms with E-state index >= 15 is 0 Å². The molecule has 0 unspecified atom stereocenters. The summed E-state index contributed by atoms with van der Waals surface area (Å²) in [5, 5.41) is -0.409. The molecule has 0 aromatic rings. The van der Waals surface area contributed by atoms with E-state index in [9.17, 15) is 4.79 Å². The lowest BCUT2D eigenvalue weighted by Crippen LogP contribution is -2.40. The van der Waals surface area contributed by atoms with Crippen molar-refractivity contribution >= 4 is 14.6 Å². The Morgan fingerprint density at radius 1 is 1.54 bits per heavy atom. The van der Waals surface area contributed by atoms with Gasteiger partial charge in [0.2, 0.25) is 0 Å². The molecule has 0 atom stereocenters. The first-order valence-electron chi connectivity index (χ1n) is 7.61. The highest BCUT2D eigenvalue weighted by atomic mass is 28.4. The molecule has 0 aromatic carbocycles. The van der Waals surface area contributed by atoms with Crippen molar-refractivity contribution in [2.24, 2.45) is 0 Å². The van der Waals surface area contributed by atoms with E-state index in [1.165, 1.54) is 0 Å². The second-order valence-electron chi connectivity index (χ2n) is 4.32. The summed E-state index contributed by atoms with van der Waals surface area (Å²) >= 11 is 0. The molecule has 0 saturated carbocycles. The van der Waals surface area contributed by atoms with Crippen molar-refractivity contribution in [2.45, 2.75) is 51.6 Å². The summed E-state index contributed by atoms with van der Waals surface area (Å²) in [5.74, 6) is 0. The largest absolute Gasteiger partial charge is 0.417 e. The SMILES string of the molecule is [2H]C(=O)C([2H])([2H])C([2H])([2H])C([2H])([2H])O[Si](C)(C)C(C)(C)C. The van der Waals surface area contributed by atoms with Crippen LogP contribution in [0.4, 0.5) is 0 Å². The zero-order chi connectivity index (χ0) is 16.8. The van der Waals surface area contributed by atoms with Crippen molar-refractivity contribution in [3.63, 3.8) is 0 Å². The van der Waals surface area contributed by atoms with Crippen LogP contribution >= 0.6 is 0 Å². The van der Waals surface area contributed by atoms with Crippen LogP contribution in [0, 0.1) is 0 Å². The minimum Gasteiger partial charge on any atom is -0.417 e.